The largest absolute Gasteiger partial charge is 0.488 e. The Bertz CT molecular complexity index is 1130. The van der Waals surface area contributed by atoms with Crippen molar-refractivity contribution < 1.29 is 9.13 Å². The van der Waals surface area contributed by atoms with Crippen LogP contribution in [0.1, 0.15) is 29.9 Å². The number of fused-ring (bicyclic) bond motifs is 1. The maximum atomic E-state index is 14.2. The Labute approximate surface area is 180 Å². The van der Waals surface area contributed by atoms with E-state index in [1.54, 1.807) is 23.3 Å². The Morgan fingerprint density at radius 1 is 1.10 bits per heavy atom. The van der Waals surface area contributed by atoms with Crippen LogP contribution in [0.25, 0.3) is 10.9 Å². The Balaban J connectivity index is 1.29. The van der Waals surface area contributed by atoms with Gasteiger partial charge in [-0.05, 0) is 43.1 Å². The summed E-state index contributed by atoms with van der Waals surface area (Å²) in [6.07, 6.45) is 7.56. The van der Waals surface area contributed by atoms with Crippen molar-refractivity contribution in [3.8, 4) is 5.75 Å². The number of aromatic amines is 1. The van der Waals surface area contributed by atoms with Crippen LogP contribution >= 0.6 is 0 Å². The van der Waals surface area contributed by atoms with Crippen molar-refractivity contribution in [3.05, 3.63) is 78.0 Å². The smallest absolute Gasteiger partial charge is 0.132 e. The second-order valence-electron chi connectivity index (χ2n) is 8.11. The minimum absolute atomic E-state index is 0.288. The normalized spacial score (nSPS) is 16.9. The first-order chi connectivity index (χ1) is 15.3. The van der Waals surface area contributed by atoms with E-state index in [0.717, 1.165) is 55.5 Å². The van der Waals surface area contributed by atoms with Crippen molar-refractivity contribution in [1.29, 1.82) is 0 Å². The van der Waals surface area contributed by atoms with Gasteiger partial charge < -0.3 is 14.6 Å². The van der Waals surface area contributed by atoms with Gasteiger partial charge in [-0.3, -0.25) is 0 Å². The van der Waals surface area contributed by atoms with Crippen molar-refractivity contribution in [2.75, 3.05) is 19.6 Å². The molecule has 7 heteroatoms. The molecule has 2 aromatic heterocycles. The summed E-state index contributed by atoms with van der Waals surface area (Å²) in [7, 11) is 0. The standard InChI is InChI=1S/C24H26FN5O/c25-20-13-22-24(23(14-20)31-17-18-5-2-1-3-6-18)21(15-26-22)19-7-12-29(16-19)10-4-11-30-27-8-9-28-30/h1-3,5-6,8-9,13-15,19,26H,4,7,10-12,16-17H2. The molecule has 0 radical (unpaired) electrons. The zero-order chi connectivity index (χ0) is 21.0. The van der Waals surface area contributed by atoms with Crippen molar-refractivity contribution in [2.45, 2.75) is 31.9 Å². The van der Waals surface area contributed by atoms with E-state index in [9.17, 15) is 4.39 Å². The van der Waals surface area contributed by atoms with Crippen LogP contribution in [-0.2, 0) is 13.2 Å². The van der Waals surface area contributed by atoms with Crippen LogP contribution in [0.5, 0.6) is 5.75 Å². The Kier molecular flexibility index (Phi) is 5.67. The van der Waals surface area contributed by atoms with Crippen molar-refractivity contribution in [2.24, 2.45) is 0 Å². The predicted molar refractivity (Wildman–Crippen MR) is 117 cm³/mol. The van der Waals surface area contributed by atoms with E-state index >= 15 is 0 Å². The lowest BCUT2D eigenvalue weighted by atomic mass is 9.97. The summed E-state index contributed by atoms with van der Waals surface area (Å²) in [6.45, 7) is 4.33. The molecule has 1 unspecified atom stereocenters. The SMILES string of the molecule is Fc1cc(OCc2ccccc2)c2c(C3CCN(CCCn4nccn4)C3)c[nH]c2c1. The highest BCUT2D eigenvalue weighted by Gasteiger charge is 2.27. The van der Waals surface area contributed by atoms with Crippen molar-refractivity contribution in [1.82, 2.24) is 24.9 Å². The van der Waals surface area contributed by atoms with Crippen LogP contribution in [0, 0.1) is 5.82 Å². The number of ether oxygens (including phenoxy) is 1. The molecule has 0 saturated carbocycles. The molecule has 1 atom stereocenters. The lowest BCUT2D eigenvalue weighted by Gasteiger charge is -2.16. The second-order valence-corrected chi connectivity index (χ2v) is 8.11. The summed E-state index contributed by atoms with van der Waals surface area (Å²) in [5, 5.41) is 9.33. The highest BCUT2D eigenvalue weighted by atomic mass is 19.1. The predicted octanol–water partition coefficient (Wildman–Crippen LogP) is 4.36. The molecule has 31 heavy (non-hydrogen) atoms. The molecular weight excluding hydrogens is 393 g/mol. The number of rotatable bonds is 8. The molecule has 5 rings (SSSR count). The van der Waals surface area contributed by atoms with Crippen molar-refractivity contribution >= 4 is 10.9 Å². The van der Waals surface area contributed by atoms with Crippen LogP contribution in [0.4, 0.5) is 4.39 Å². The van der Waals surface area contributed by atoms with Gasteiger partial charge in [0.25, 0.3) is 0 Å². The van der Waals surface area contributed by atoms with Gasteiger partial charge in [0.2, 0.25) is 0 Å². The van der Waals surface area contributed by atoms with Crippen LogP contribution in [0.3, 0.4) is 0 Å². The molecule has 1 aliphatic rings. The minimum atomic E-state index is -0.288. The van der Waals surface area contributed by atoms with Gasteiger partial charge in [-0.2, -0.15) is 15.0 Å². The van der Waals surface area contributed by atoms with E-state index in [1.807, 2.05) is 36.5 Å². The number of hydrogen-bond acceptors (Lipinski definition) is 4. The van der Waals surface area contributed by atoms with Crippen LogP contribution in [0.2, 0.25) is 0 Å². The molecule has 160 valence electrons. The lowest BCUT2D eigenvalue weighted by molar-refractivity contribution is 0.307. The third-order valence-electron chi connectivity index (χ3n) is 5.99. The molecular formula is C24H26FN5O. The van der Waals surface area contributed by atoms with E-state index in [2.05, 4.69) is 20.1 Å². The topological polar surface area (TPSA) is 59.0 Å². The minimum Gasteiger partial charge on any atom is -0.488 e. The molecule has 3 heterocycles. The van der Waals surface area contributed by atoms with Gasteiger partial charge in [0.05, 0.1) is 24.5 Å². The molecule has 0 bridgehead atoms. The zero-order valence-corrected chi connectivity index (χ0v) is 17.4. The van der Waals surface area contributed by atoms with E-state index in [0.29, 0.717) is 18.3 Å². The summed E-state index contributed by atoms with van der Waals surface area (Å²) in [6, 6.07) is 13.0. The molecule has 1 N–H and O–H groups in total. The lowest BCUT2D eigenvalue weighted by Crippen LogP contribution is -2.23. The molecule has 1 saturated heterocycles. The van der Waals surface area contributed by atoms with Crippen LogP contribution in [-0.4, -0.2) is 44.5 Å². The van der Waals surface area contributed by atoms with Gasteiger partial charge in [-0.1, -0.05) is 30.3 Å². The number of aromatic nitrogens is 4. The molecule has 0 amide bonds. The maximum absolute atomic E-state index is 14.2. The summed E-state index contributed by atoms with van der Waals surface area (Å²) in [5.74, 6) is 0.726. The molecule has 1 fully saturated rings. The zero-order valence-electron chi connectivity index (χ0n) is 17.4. The summed E-state index contributed by atoms with van der Waals surface area (Å²) in [4.78, 5) is 7.48. The highest BCUT2D eigenvalue weighted by molar-refractivity contribution is 5.90. The fourth-order valence-electron chi connectivity index (χ4n) is 4.48. The number of benzene rings is 2. The molecule has 1 aliphatic heterocycles. The quantitative estimate of drug-likeness (QED) is 0.461. The Hall–Kier alpha value is -3.19. The summed E-state index contributed by atoms with van der Waals surface area (Å²) < 4.78 is 20.3. The number of nitrogens with one attached hydrogen (secondary N) is 1. The third kappa shape index (κ3) is 4.46. The highest BCUT2D eigenvalue weighted by Crippen LogP contribution is 2.38. The average molecular weight is 420 g/mol. The fraction of sp³-hybridized carbons (Fsp3) is 0.333. The first-order valence-electron chi connectivity index (χ1n) is 10.8. The van der Waals surface area contributed by atoms with E-state index < -0.39 is 0 Å². The fourth-order valence-corrected chi connectivity index (χ4v) is 4.48. The Morgan fingerprint density at radius 3 is 2.77 bits per heavy atom. The molecule has 0 aliphatic carbocycles. The van der Waals surface area contributed by atoms with Gasteiger partial charge in [-0.25, -0.2) is 4.39 Å². The number of likely N-dealkylation sites (tertiary alicyclic amines) is 1. The van der Waals surface area contributed by atoms with Crippen LogP contribution < -0.4 is 4.74 Å². The average Bonchev–Trinajstić information content (AvgIpc) is 3.53. The second kappa shape index (κ2) is 8.89. The first-order valence-corrected chi connectivity index (χ1v) is 10.8. The molecule has 0 spiro atoms. The van der Waals surface area contributed by atoms with Crippen molar-refractivity contribution in [3.63, 3.8) is 0 Å². The van der Waals surface area contributed by atoms with Crippen LogP contribution in [0.15, 0.2) is 61.1 Å². The number of hydrogen-bond donors (Lipinski definition) is 1. The molecule has 2 aromatic carbocycles. The van der Waals surface area contributed by atoms with Gasteiger partial charge >= 0.3 is 0 Å². The van der Waals surface area contributed by atoms with Gasteiger partial charge in [-0.15, -0.1) is 0 Å². The number of nitrogens with zero attached hydrogens (tertiary/aromatic N) is 4. The van der Waals surface area contributed by atoms with E-state index in [4.69, 9.17) is 4.74 Å². The molecule has 4 aromatic rings. The monoisotopic (exact) mass is 419 g/mol. The van der Waals surface area contributed by atoms with Gasteiger partial charge in [0, 0.05) is 30.1 Å². The van der Waals surface area contributed by atoms with E-state index in [1.165, 1.54) is 11.6 Å². The number of halogens is 1. The third-order valence-corrected chi connectivity index (χ3v) is 5.99. The maximum Gasteiger partial charge on any atom is 0.132 e. The summed E-state index contributed by atoms with van der Waals surface area (Å²) >= 11 is 0. The number of aryl methyl sites for hydroxylation is 1. The number of H-pyrrole nitrogens is 1. The molecule has 6 nitrogen and oxygen atoms in total. The summed E-state index contributed by atoms with van der Waals surface area (Å²) in [5.41, 5.74) is 3.08. The Morgan fingerprint density at radius 2 is 1.94 bits per heavy atom. The van der Waals surface area contributed by atoms with Gasteiger partial charge in [0.1, 0.15) is 18.2 Å². The van der Waals surface area contributed by atoms with Gasteiger partial charge in [0.15, 0.2) is 0 Å². The van der Waals surface area contributed by atoms with E-state index in [-0.39, 0.29) is 5.82 Å². The first kappa shape index (κ1) is 19.8.